The van der Waals surface area contributed by atoms with Crippen molar-refractivity contribution in [3.05, 3.63) is 60.1 Å². The van der Waals surface area contributed by atoms with Gasteiger partial charge in [0.25, 0.3) is 5.91 Å². The second-order valence-electron chi connectivity index (χ2n) is 5.46. The predicted molar refractivity (Wildman–Crippen MR) is 81.3 cm³/mol. The summed E-state index contributed by atoms with van der Waals surface area (Å²) in [6, 6.07) is 11.6. The lowest BCUT2D eigenvalue weighted by molar-refractivity contribution is -0.127. The molecule has 1 aromatic heterocycles. The molecule has 0 radical (unpaired) electrons. The van der Waals surface area contributed by atoms with Crippen LogP contribution in [-0.4, -0.2) is 35.8 Å². The fourth-order valence-electron chi connectivity index (χ4n) is 2.66. The summed E-state index contributed by atoms with van der Waals surface area (Å²) >= 11 is 0. The van der Waals surface area contributed by atoms with Crippen molar-refractivity contribution >= 4 is 11.8 Å². The van der Waals surface area contributed by atoms with Crippen LogP contribution in [0.15, 0.2) is 53.3 Å². The Bertz CT molecular complexity index is 637. The summed E-state index contributed by atoms with van der Waals surface area (Å²) in [4.78, 5) is 25.8. The number of likely N-dealkylation sites (tertiary alicyclic amines) is 1. The minimum atomic E-state index is -0.198. The van der Waals surface area contributed by atoms with Crippen molar-refractivity contribution < 1.29 is 14.0 Å². The van der Waals surface area contributed by atoms with Crippen LogP contribution < -0.4 is 5.32 Å². The minimum absolute atomic E-state index is 0.0911. The standard InChI is InChI=1S/C17H18N2O3/c20-16-10-15(18-17(21)14-7-9-22-12-14)11-19(16)8-6-13-4-2-1-3-5-13/h1-5,7,9,12,15H,6,8,10-11H2,(H,18,21)/t15-/m0/s1. The highest BCUT2D eigenvalue weighted by Gasteiger charge is 2.30. The number of nitrogens with zero attached hydrogens (tertiary/aromatic N) is 1. The van der Waals surface area contributed by atoms with Crippen LogP contribution in [0, 0.1) is 0 Å². The highest BCUT2D eigenvalue weighted by molar-refractivity contribution is 5.94. The van der Waals surface area contributed by atoms with Crippen LogP contribution >= 0.6 is 0 Å². The van der Waals surface area contributed by atoms with E-state index in [0.717, 1.165) is 6.42 Å². The fourth-order valence-corrected chi connectivity index (χ4v) is 2.66. The average Bonchev–Trinajstić information content (AvgIpc) is 3.16. The molecule has 1 atom stereocenters. The number of benzene rings is 1. The minimum Gasteiger partial charge on any atom is -0.472 e. The third-order valence-corrected chi connectivity index (χ3v) is 3.85. The van der Waals surface area contributed by atoms with Crippen molar-refractivity contribution in [1.82, 2.24) is 10.2 Å². The Morgan fingerprint density at radius 1 is 1.27 bits per heavy atom. The van der Waals surface area contributed by atoms with E-state index in [9.17, 15) is 9.59 Å². The fraction of sp³-hybridized carbons (Fsp3) is 0.294. The SMILES string of the molecule is O=C(N[C@H]1CC(=O)N(CCc2ccccc2)C1)c1ccoc1. The maximum atomic E-state index is 12.0. The van der Waals surface area contributed by atoms with Crippen LogP contribution in [-0.2, 0) is 11.2 Å². The predicted octanol–water partition coefficient (Wildman–Crippen LogP) is 1.85. The van der Waals surface area contributed by atoms with E-state index in [-0.39, 0.29) is 17.9 Å². The second kappa shape index (κ2) is 6.47. The van der Waals surface area contributed by atoms with E-state index < -0.39 is 0 Å². The lowest BCUT2D eigenvalue weighted by Gasteiger charge is -2.17. The van der Waals surface area contributed by atoms with Gasteiger partial charge in [-0.3, -0.25) is 9.59 Å². The Kier molecular flexibility index (Phi) is 4.23. The molecular weight excluding hydrogens is 280 g/mol. The molecule has 2 aromatic rings. The van der Waals surface area contributed by atoms with E-state index in [1.165, 1.54) is 18.1 Å². The van der Waals surface area contributed by atoms with Gasteiger partial charge in [0, 0.05) is 19.5 Å². The maximum absolute atomic E-state index is 12.0. The van der Waals surface area contributed by atoms with Gasteiger partial charge < -0.3 is 14.6 Å². The number of rotatable bonds is 5. The molecule has 2 heterocycles. The van der Waals surface area contributed by atoms with Crippen molar-refractivity contribution in [1.29, 1.82) is 0 Å². The number of hydrogen-bond acceptors (Lipinski definition) is 3. The van der Waals surface area contributed by atoms with Gasteiger partial charge in [-0.25, -0.2) is 0 Å². The molecule has 0 spiro atoms. The molecule has 0 aliphatic carbocycles. The summed E-state index contributed by atoms with van der Waals surface area (Å²) in [5.41, 5.74) is 1.69. The van der Waals surface area contributed by atoms with Crippen LogP contribution in [0.4, 0.5) is 0 Å². The van der Waals surface area contributed by atoms with E-state index >= 15 is 0 Å². The Morgan fingerprint density at radius 3 is 2.82 bits per heavy atom. The van der Waals surface area contributed by atoms with Crippen LogP contribution in [0.5, 0.6) is 0 Å². The molecule has 2 amide bonds. The molecule has 3 rings (SSSR count). The summed E-state index contributed by atoms with van der Waals surface area (Å²) in [5.74, 6) is -0.107. The number of carbonyl (C=O) groups is 2. The topological polar surface area (TPSA) is 62.6 Å². The molecule has 0 saturated carbocycles. The first kappa shape index (κ1) is 14.4. The third kappa shape index (κ3) is 3.36. The molecule has 5 heteroatoms. The van der Waals surface area contributed by atoms with Gasteiger partial charge in [-0.05, 0) is 18.1 Å². The van der Waals surface area contributed by atoms with Gasteiger partial charge in [0.1, 0.15) is 6.26 Å². The van der Waals surface area contributed by atoms with Gasteiger partial charge in [-0.15, -0.1) is 0 Å². The van der Waals surface area contributed by atoms with E-state index in [1.807, 2.05) is 23.1 Å². The lowest BCUT2D eigenvalue weighted by Crippen LogP contribution is -2.37. The van der Waals surface area contributed by atoms with Gasteiger partial charge in [0.15, 0.2) is 0 Å². The van der Waals surface area contributed by atoms with Crippen molar-refractivity contribution in [3.8, 4) is 0 Å². The number of furan rings is 1. The Hall–Kier alpha value is -2.56. The molecule has 1 aromatic carbocycles. The van der Waals surface area contributed by atoms with E-state index in [1.54, 1.807) is 6.07 Å². The van der Waals surface area contributed by atoms with E-state index in [2.05, 4.69) is 17.4 Å². The molecular formula is C17H18N2O3. The monoisotopic (exact) mass is 298 g/mol. The van der Waals surface area contributed by atoms with E-state index in [4.69, 9.17) is 4.42 Å². The van der Waals surface area contributed by atoms with Gasteiger partial charge in [0.05, 0.1) is 17.9 Å². The summed E-state index contributed by atoms with van der Waals surface area (Å²) in [5, 5.41) is 2.88. The largest absolute Gasteiger partial charge is 0.472 e. The number of hydrogen-bond donors (Lipinski definition) is 1. The molecule has 1 N–H and O–H groups in total. The molecule has 22 heavy (non-hydrogen) atoms. The van der Waals surface area contributed by atoms with E-state index in [0.29, 0.717) is 25.1 Å². The Morgan fingerprint density at radius 2 is 2.09 bits per heavy atom. The molecule has 114 valence electrons. The smallest absolute Gasteiger partial charge is 0.254 e. The van der Waals surface area contributed by atoms with Gasteiger partial charge in [0.2, 0.25) is 5.91 Å². The first-order valence-electron chi connectivity index (χ1n) is 7.37. The average molecular weight is 298 g/mol. The van der Waals surface area contributed by atoms with Gasteiger partial charge in [-0.2, -0.15) is 0 Å². The number of nitrogens with one attached hydrogen (secondary N) is 1. The highest BCUT2D eigenvalue weighted by Crippen LogP contribution is 2.13. The number of carbonyl (C=O) groups excluding carboxylic acids is 2. The zero-order valence-electron chi connectivity index (χ0n) is 12.2. The zero-order valence-corrected chi connectivity index (χ0v) is 12.2. The summed E-state index contributed by atoms with van der Waals surface area (Å²) < 4.78 is 4.89. The molecule has 1 aliphatic heterocycles. The van der Waals surface area contributed by atoms with Gasteiger partial charge >= 0.3 is 0 Å². The first-order chi connectivity index (χ1) is 10.7. The van der Waals surface area contributed by atoms with Crippen molar-refractivity contribution in [2.45, 2.75) is 18.9 Å². The summed E-state index contributed by atoms with van der Waals surface area (Å²) in [6.07, 6.45) is 4.05. The van der Waals surface area contributed by atoms with Crippen LogP contribution in [0.1, 0.15) is 22.3 Å². The van der Waals surface area contributed by atoms with Crippen LogP contribution in [0.25, 0.3) is 0 Å². The normalized spacial score (nSPS) is 17.7. The first-order valence-corrected chi connectivity index (χ1v) is 7.37. The van der Waals surface area contributed by atoms with Crippen molar-refractivity contribution in [2.24, 2.45) is 0 Å². The summed E-state index contributed by atoms with van der Waals surface area (Å²) in [7, 11) is 0. The number of amides is 2. The molecule has 1 aliphatic rings. The van der Waals surface area contributed by atoms with Crippen molar-refractivity contribution in [3.63, 3.8) is 0 Å². The third-order valence-electron chi connectivity index (χ3n) is 3.85. The van der Waals surface area contributed by atoms with Gasteiger partial charge in [-0.1, -0.05) is 30.3 Å². The molecule has 0 unspecified atom stereocenters. The lowest BCUT2D eigenvalue weighted by atomic mass is 10.1. The van der Waals surface area contributed by atoms with Crippen LogP contribution in [0.3, 0.4) is 0 Å². The Labute approximate surface area is 128 Å². The summed E-state index contributed by atoms with van der Waals surface area (Å²) in [6.45, 7) is 1.25. The molecule has 1 saturated heterocycles. The quantitative estimate of drug-likeness (QED) is 0.916. The maximum Gasteiger partial charge on any atom is 0.254 e. The molecule has 1 fully saturated rings. The second-order valence-corrected chi connectivity index (χ2v) is 5.46. The van der Waals surface area contributed by atoms with Crippen molar-refractivity contribution in [2.75, 3.05) is 13.1 Å². The molecule has 5 nitrogen and oxygen atoms in total. The van der Waals surface area contributed by atoms with Crippen LogP contribution in [0.2, 0.25) is 0 Å². The highest BCUT2D eigenvalue weighted by atomic mass is 16.3. The zero-order chi connectivity index (χ0) is 15.4. The Balaban J connectivity index is 1.51. The molecule has 0 bridgehead atoms.